The van der Waals surface area contributed by atoms with Crippen LogP contribution in [0.2, 0.25) is 0 Å². The highest BCUT2D eigenvalue weighted by Gasteiger charge is 2.13. The molecule has 3 aromatic rings. The molecule has 0 amide bonds. The summed E-state index contributed by atoms with van der Waals surface area (Å²) >= 11 is 0. The van der Waals surface area contributed by atoms with E-state index in [0.29, 0.717) is 18.2 Å². The molecule has 1 N–H and O–H groups in total. The summed E-state index contributed by atoms with van der Waals surface area (Å²) in [5.74, 6) is 0.492. The Kier molecular flexibility index (Phi) is 3.62. The molecule has 0 radical (unpaired) electrons. The van der Waals surface area contributed by atoms with Crippen molar-refractivity contribution in [3.63, 3.8) is 0 Å². The number of fused-ring (bicyclic) bond motifs is 1. The minimum absolute atomic E-state index is 0.104. The van der Waals surface area contributed by atoms with Crippen LogP contribution in [0.3, 0.4) is 0 Å². The number of benzene rings is 1. The van der Waals surface area contributed by atoms with Crippen molar-refractivity contribution in [2.75, 3.05) is 0 Å². The lowest BCUT2D eigenvalue weighted by Gasteiger charge is -2.10. The molecule has 2 heterocycles. The Morgan fingerprint density at radius 3 is 2.57 bits per heavy atom. The summed E-state index contributed by atoms with van der Waals surface area (Å²) in [6, 6.07) is 11.9. The number of pyridine rings is 1. The van der Waals surface area contributed by atoms with Gasteiger partial charge < -0.3 is 9.84 Å². The smallest absolute Gasteiger partial charge is 0.238 e. The first-order chi connectivity index (χ1) is 10.2. The molecule has 0 saturated carbocycles. The first-order valence-corrected chi connectivity index (χ1v) is 6.95. The quantitative estimate of drug-likeness (QED) is 0.800. The van der Waals surface area contributed by atoms with Gasteiger partial charge in [-0.2, -0.15) is 4.98 Å². The average molecular weight is 282 g/mol. The van der Waals surface area contributed by atoms with E-state index in [4.69, 9.17) is 4.74 Å². The maximum Gasteiger partial charge on any atom is 0.238 e. The number of aromatic nitrogens is 2. The van der Waals surface area contributed by atoms with Gasteiger partial charge in [0.25, 0.3) is 0 Å². The van der Waals surface area contributed by atoms with Crippen molar-refractivity contribution in [3.8, 4) is 5.88 Å². The highest BCUT2D eigenvalue weighted by Crippen LogP contribution is 2.22. The average Bonchev–Trinajstić information content (AvgIpc) is 2.84. The third-order valence-corrected chi connectivity index (χ3v) is 3.74. The normalized spacial score (nSPS) is 11.0. The van der Waals surface area contributed by atoms with Gasteiger partial charge in [0.2, 0.25) is 5.88 Å². The SMILES string of the molecule is Cc1cccc(C)c1COc1nc2ccccn2c1CO. The van der Waals surface area contributed by atoms with Gasteiger partial charge in [-0.25, -0.2) is 0 Å². The zero-order valence-corrected chi connectivity index (χ0v) is 12.2. The van der Waals surface area contributed by atoms with Crippen molar-refractivity contribution in [3.05, 3.63) is 65.0 Å². The van der Waals surface area contributed by atoms with Gasteiger partial charge in [0.05, 0.1) is 6.61 Å². The van der Waals surface area contributed by atoms with E-state index < -0.39 is 0 Å². The van der Waals surface area contributed by atoms with Crippen LogP contribution in [0.15, 0.2) is 42.6 Å². The molecule has 2 aromatic heterocycles. The summed E-state index contributed by atoms with van der Waals surface area (Å²) in [6.45, 7) is 4.49. The zero-order chi connectivity index (χ0) is 14.8. The summed E-state index contributed by atoms with van der Waals surface area (Å²) in [5, 5.41) is 9.57. The molecule has 0 aliphatic carbocycles. The van der Waals surface area contributed by atoms with Crippen molar-refractivity contribution in [2.45, 2.75) is 27.1 Å². The summed E-state index contributed by atoms with van der Waals surface area (Å²) in [4.78, 5) is 4.44. The molecule has 21 heavy (non-hydrogen) atoms. The van der Waals surface area contributed by atoms with E-state index >= 15 is 0 Å². The Balaban J connectivity index is 1.92. The molecule has 0 aliphatic rings. The Bertz CT molecular complexity index is 757. The van der Waals surface area contributed by atoms with Gasteiger partial charge >= 0.3 is 0 Å². The summed E-state index contributed by atoms with van der Waals surface area (Å²) in [7, 11) is 0. The fourth-order valence-electron chi connectivity index (χ4n) is 2.50. The fourth-order valence-corrected chi connectivity index (χ4v) is 2.50. The van der Waals surface area contributed by atoms with Gasteiger partial charge in [-0.15, -0.1) is 0 Å². The Labute approximate surface area is 123 Å². The zero-order valence-electron chi connectivity index (χ0n) is 12.2. The van der Waals surface area contributed by atoms with Crippen LogP contribution >= 0.6 is 0 Å². The Hall–Kier alpha value is -2.33. The van der Waals surface area contributed by atoms with Gasteiger partial charge in [0.1, 0.15) is 17.9 Å². The molecule has 3 rings (SSSR count). The molecule has 0 spiro atoms. The number of hydrogen-bond donors (Lipinski definition) is 1. The third-order valence-electron chi connectivity index (χ3n) is 3.74. The molecule has 0 fully saturated rings. The van der Waals surface area contributed by atoms with Crippen LogP contribution in [0.1, 0.15) is 22.4 Å². The highest BCUT2D eigenvalue weighted by molar-refractivity contribution is 5.45. The molecule has 1 aromatic carbocycles. The van der Waals surface area contributed by atoms with Crippen LogP contribution in [-0.2, 0) is 13.2 Å². The first-order valence-electron chi connectivity index (χ1n) is 6.95. The summed E-state index contributed by atoms with van der Waals surface area (Å²) in [5.41, 5.74) is 5.02. The second kappa shape index (κ2) is 5.58. The fraction of sp³-hybridized carbons (Fsp3) is 0.235. The van der Waals surface area contributed by atoms with Crippen molar-refractivity contribution in [2.24, 2.45) is 0 Å². The predicted molar refractivity (Wildman–Crippen MR) is 81.4 cm³/mol. The maximum absolute atomic E-state index is 9.57. The molecule has 0 aliphatic heterocycles. The second-order valence-corrected chi connectivity index (χ2v) is 5.11. The van der Waals surface area contributed by atoms with E-state index in [1.165, 1.54) is 16.7 Å². The minimum Gasteiger partial charge on any atom is -0.471 e. The second-order valence-electron chi connectivity index (χ2n) is 5.11. The summed E-state index contributed by atoms with van der Waals surface area (Å²) in [6.07, 6.45) is 1.87. The molecule has 0 atom stereocenters. The van der Waals surface area contributed by atoms with Crippen molar-refractivity contribution < 1.29 is 9.84 Å². The van der Waals surface area contributed by atoms with Crippen LogP contribution in [0.4, 0.5) is 0 Å². The standard InChI is InChI=1S/C17H18N2O2/c1-12-6-5-7-13(2)14(12)11-21-17-15(10-20)19-9-4-3-8-16(19)18-17/h3-9,20H,10-11H2,1-2H3. The lowest BCUT2D eigenvalue weighted by atomic mass is 10.0. The van der Waals surface area contributed by atoms with Gasteiger partial charge in [0, 0.05) is 6.20 Å². The van der Waals surface area contributed by atoms with E-state index in [1.54, 1.807) is 0 Å². The first kappa shape index (κ1) is 13.6. The largest absolute Gasteiger partial charge is 0.471 e. The predicted octanol–water partition coefficient (Wildman–Crippen LogP) is 3.02. The van der Waals surface area contributed by atoms with E-state index in [9.17, 15) is 5.11 Å². The lowest BCUT2D eigenvalue weighted by molar-refractivity contribution is 0.249. The molecular formula is C17H18N2O2. The van der Waals surface area contributed by atoms with E-state index in [2.05, 4.69) is 31.0 Å². The molecular weight excluding hydrogens is 264 g/mol. The molecule has 108 valence electrons. The molecule has 0 unspecified atom stereocenters. The molecule has 0 bridgehead atoms. The number of nitrogens with zero attached hydrogens (tertiary/aromatic N) is 2. The molecule has 0 saturated heterocycles. The van der Waals surface area contributed by atoms with Crippen molar-refractivity contribution in [1.82, 2.24) is 9.38 Å². The van der Waals surface area contributed by atoms with E-state index in [0.717, 1.165) is 5.65 Å². The van der Waals surface area contributed by atoms with Crippen LogP contribution in [0.5, 0.6) is 5.88 Å². The van der Waals surface area contributed by atoms with Gasteiger partial charge in [-0.3, -0.25) is 4.40 Å². The number of rotatable bonds is 4. The number of ether oxygens (including phenoxy) is 1. The number of aryl methyl sites for hydroxylation is 2. The number of imidazole rings is 1. The molecule has 4 heteroatoms. The van der Waals surface area contributed by atoms with Crippen LogP contribution in [0.25, 0.3) is 5.65 Å². The monoisotopic (exact) mass is 282 g/mol. The minimum atomic E-state index is -0.104. The van der Waals surface area contributed by atoms with E-state index in [1.807, 2.05) is 34.9 Å². The highest BCUT2D eigenvalue weighted by atomic mass is 16.5. The third kappa shape index (κ3) is 2.50. The van der Waals surface area contributed by atoms with Crippen LogP contribution in [0, 0.1) is 13.8 Å². The van der Waals surface area contributed by atoms with Crippen LogP contribution in [-0.4, -0.2) is 14.5 Å². The van der Waals surface area contributed by atoms with E-state index in [-0.39, 0.29) is 6.61 Å². The van der Waals surface area contributed by atoms with Gasteiger partial charge in [-0.05, 0) is 42.7 Å². The van der Waals surface area contributed by atoms with Gasteiger partial charge in [0.15, 0.2) is 0 Å². The van der Waals surface area contributed by atoms with Gasteiger partial charge in [-0.1, -0.05) is 24.3 Å². The van der Waals surface area contributed by atoms with Crippen LogP contribution < -0.4 is 4.74 Å². The number of aliphatic hydroxyl groups excluding tert-OH is 1. The Morgan fingerprint density at radius 2 is 1.86 bits per heavy atom. The maximum atomic E-state index is 9.57. The molecule has 4 nitrogen and oxygen atoms in total. The lowest BCUT2D eigenvalue weighted by Crippen LogP contribution is -2.03. The number of hydrogen-bond acceptors (Lipinski definition) is 3. The Morgan fingerprint density at radius 1 is 1.10 bits per heavy atom. The van der Waals surface area contributed by atoms with Crippen molar-refractivity contribution in [1.29, 1.82) is 0 Å². The summed E-state index contributed by atoms with van der Waals surface area (Å²) < 4.78 is 7.72. The topological polar surface area (TPSA) is 46.8 Å². The number of aliphatic hydroxyl groups is 1. The van der Waals surface area contributed by atoms with Crippen molar-refractivity contribution >= 4 is 5.65 Å².